The maximum atomic E-state index is 11.7. The Balaban J connectivity index is 1.49. The van der Waals surface area contributed by atoms with Crippen LogP contribution in [0.4, 0.5) is 5.82 Å². The zero-order valence-electron chi connectivity index (χ0n) is 12.5. The van der Waals surface area contributed by atoms with E-state index in [1.165, 1.54) is 16.8 Å². The Labute approximate surface area is 137 Å². The Morgan fingerprint density at radius 1 is 1.33 bits per heavy atom. The third kappa shape index (κ3) is 4.15. The first-order chi connectivity index (χ1) is 11.6. The van der Waals surface area contributed by atoms with Gasteiger partial charge in [0.15, 0.2) is 24.9 Å². The van der Waals surface area contributed by atoms with Crippen LogP contribution in [0.2, 0.25) is 0 Å². The summed E-state index contributed by atoms with van der Waals surface area (Å²) in [5.41, 5.74) is 4.90. The largest absolute Gasteiger partial charge is 0.750 e. The fraction of sp³-hybridized carbons (Fsp3) is 0.286. The van der Waals surface area contributed by atoms with Gasteiger partial charge in [0.1, 0.15) is 5.82 Å². The van der Waals surface area contributed by atoms with E-state index in [1.54, 1.807) is 24.3 Å². The molecular formula is C14H15N3O6P+. The van der Waals surface area contributed by atoms with Crippen LogP contribution in [0.15, 0.2) is 47.4 Å². The lowest BCUT2D eigenvalue weighted by atomic mass is 10.3. The molecule has 0 amide bonds. The molecule has 0 saturated carbocycles. The van der Waals surface area contributed by atoms with Gasteiger partial charge >= 0.3 is 13.9 Å². The molecule has 24 heavy (non-hydrogen) atoms. The van der Waals surface area contributed by atoms with Crippen molar-refractivity contribution in [1.82, 2.24) is 9.55 Å². The van der Waals surface area contributed by atoms with Crippen LogP contribution in [-0.2, 0) is 18.6 Å². The molecule has 1 aliphatic heterocycles. The Morgan fingerprint density at radius 3 is 2.88 bits per heavy atom. The zero-order valence-corrected chi connectivity index (χ0v) is 13.4. The molecule has 3 unspecified atom stereocenters. The van der Waals surface area contributed by atoms with Crippen molar-refractivity contribution >= 4 is 14.1 Å². The van der Waals surface area contributed by atoms with Crippen molar-refractivity contribution in [3.63, 3.8) is 0 Å². The summed E-state index contributed by atoms with van der Waals surface area (Å²) in [6.07, 6.45) is 0.0610. The van der Waals surface area contributed by atoms with E-state index in [0.29, 0.717) is 5.75 Å². The van der Waals surface area contributed by atoms with Gasteiger partial charge in [0.2, 0.25) is 0 Å². The average molecular weight is 352 g/mol. The van der Waals surface area contributed by atoms with Crippen LogP contribution in [0.25, 0.3) is 0 Å². The molecule has 1 fully saturated rings. The highest BCUT2D eigenvalue weighted by molar-refractivity contribution is 7.33. The van der Waals surface area contributed by atoms with Crippen molar-refractivity contribution < 1.29 is 23.1 Å². The van der Waals surface area contributed by atoms with Gasteiger partial charge in [-0.15, -0.1) is 4.52 Å². The Kier molecular flexibility index (Phi) is 5.17. The molecule has 0 spiro atoms. The molecule has 1 aromatic heterocycles. The average Bonchev–Trinajstić information content (AvgIpc) is 3.02. The lowest BCUT2D eigenvalue weighted by Crippen LogP contribution is -2.28. The van der Waals surface area contributed by atoms with E-state index in [1.807, 2.05) is 6.07 Å². The van der Waals surface area contributed by atoms with E-state index >= 15 is 0 Å². The number of aromatic nitrogens is 2. The zero-order chi connectivity index (χ0) is 16.9. The van der Waals surface area contributed by atoms with Crippen molar-refractivity contribution in [3.8, 4) is 5.75 Å². The second-order valence-electron chi connectivity index (χ2n) is 4.82. The van der Waals surface area contributed by atoms with Gasteiger partial charge in [0.05, 0.1) is 6.61 Å². The molecule has 0 radical (unpaired) electrons. The SMILES string of the molecule is Nc1ccn(C2COC(CO[P+](=O)Oc3ccccc3)O2)c(=O)n1. The molecule has 0 bridgehead atoms. The minimum absolute atomic E-state index is 0.101. The summed E-state index contributed by atoms with van der Waals surface area (Å²) >= 11 is 0. The van der Waals surface area contributed by atoms with Crippen LogP contribution in [0.3, 0.4) is 0 Å². The van der Waals surface area contributed by atoms with Crippen molar-refractivity contribution in [3.05, 3.63) is 53.1 Å². The van der Waals surface area contributed by atoms with Gasteiger partial charge in [-0.3, -0.25) is 4.57 Å². The van der Waals surface area contributed by atoms with Gasteiger partial charge in [-0.1, -0.05) is 18.2 Å². The summed E-state index contributed by atoms with van der Waals surface area (Å²) in [7, 11) is -2.36. The lowest BCUT2D eigenvalue weighted by Gasteiger charge is -2.11. The standard InChI is InChI=1S/C14H14N3O6P/c15-11-6-7-17(14(18)16-11)12-8-20-13(22-12)9-21-24(19)23-10-4-2-1-3-5-10/h1-7,12-13H,8-9H2,(H-,15,16,18)/p+1. The number of nitrogen functional groups attached to an aromatic ring is 1. The van der Waals surface area contributed by atoms with Gasteiger partial charge in [-0.2, -0.15) is 4.98 Å². The highest BCUT2D eigenvalue weighted by atomic mass is 31.1. The van der Waals surface area contributed by atoms with E-state index in [0.717, 1.165) is 0 Å². The third-order valence-electron chi connectivity index (χ3n) is 3.13. The number of ether oxygens (including phenoxy) is 2. The van der Waals surface area contributed by atoms with Crippen LogP contribution in [-0.4, -0.2) is 29.1 Å². The van der Waals surface area contributed by atoms with Gasteiger partial charge in [0, 0.05) is 10.8 Å². The molecule has 126 valence electrons. The predicted octanol–water partition coefficient (Wildman–Crippen LogP) is 1.45. The third-order valence-corrected chi connectivity index (χ3v) is 3.85. The maximum Gasteiger partial charge on any atom is 0.750 e. The number of hydrogen-bond donors (Lipinski definition) is 1. The summed E-state index contributed by atoms with van der Waals surface area (Å²) in [6, 6.07) is 10.1. The lowest BCUT2D eigenvalue weighted by molar-refractivity contribution is -0.0939. The molecule has 3 rings (SSSR count). The van der Waals surface area contributed by atoms with Crippen molar-refractivity contribution in [2.45, 2.75) is 12.5 Å². The summed E-state index contributed by atoms with van der Waals surface area (Å²) in [5, 5.41) is 0. The van der Waals surface area contributed by atoms with E-state index < -0.39 is 26.5 Å². The normalized spacial score (nSPS) is 20.8. The Bertz CT molecular complexity index is 769. The molecule has 2 aromatic rings. The van der Waals surface area contributed by atoms with E-state index in [9.17, 15) is 9.36 Å². The molecule has 10 heteroatoms. The minimum atomic E-state index is -2.36. The van der Waals surface area contributed by atoms with Gasteiger partial charge in [0.25, 0.3) is 0 Å². The molecule has 9 nitrogen and oxygen atoms in total. The molecular weight excluding hydrogens is 337 g/mol. The minimum Gasteiger partial charge on any atom is -0.383 e. The van der Waals surface area contributed by atoms with Crippen LogP contribution in [0, 0.1) is 0 Å². The number of rotatable bonds is 6. The molecule has 1 aliphatic rings. The number of para-hydroxylation sites is 1. The maximum absolute atomic E-state index is 11.7. The summed E-state index contributed by atoms with van der Waals surface area (Å²) in [6.45, 7) is 0.0333. The van der Waals surface area contributed by atoms with E-state index in [-0.39, 0.29) is 19.0 Å². The van der Waals surface area contributed by atoms with E-state index in [4.69, 9.17) is 24.3 Å². The highest BCUT2D eigenvalue weighted by Crippen LogP contribution is 2.29. The summed E-state index contributed by atoms with van der Waals surface area (Å²) in [5.74, 6) is 0.564. The Hall–Kier alpha value is -2.32. The number of anilines is 1. The van der Waals surface area contributed by atoms with Crippen LogP contribution < -0.4 is 15.9 Å². The molecule has 3 atom stereocenters. The van der Waals surface area contributed by atoms with Gasteiger partial charge < -0.3 is 15.2 Å². The van der Waals surface area contributed by atoms with Gasteiger partial charge in [-0.25, -0.2) is 9.32 Å². The number of benzene rings is 1. The highest BCUT2D eigenvalue weighted by Gasteiger charge is 2.32. The quantitative estimate of drug-likeness (QED) is 0.777. The first kappa shape index (κ1) is 16.5. The molecule has 1 saturated heterocycles. The first-order valence-electron chi connectivity index (χ1n) is 7.07. The van der Waals surface area contributed by atoms with Crippen molar-refractivity contribution in [2.75, 3.05) is 18.9 Å². The monoisotopic (exact) mass is 352 g/mol. The number of nitrogens with two attached hydrogens (primary N) is 1. The smallest absolute Gasteiger partial charge is 0.383 e. The van der Waals surface area contributed by atoms with Crippen LogP contribution in [0.1, 0.15) is 6.23 Å². The Morgan fingerprint density at radius 2 is 2.12 bits per heavy atom. The van der Waals surface area contributed by atoms with Crippen molar-refractivity contribution in [1.29, 1.82) is 0 Å². The van der Waals surface area contributed by atoms with Crippen LogP contribution in [0.5, 0.6) is 5.75 Å². The first-order valence-corrected chi connectivity index (χ1v) is 8.16. The predicted molar refractivity (Wildman–Crippen MR) is 83.4 cm³/mol. The second kappa shape index (κ2) is 7.50. The fourth-order valence-corrected chi connectivity index (χ4v) is 2.63. The summed E-state index contributed by atoms with van der Waals surface area (Å²) in [4.78, 5) is 15.4. The number of hydrogen-bond acceptors (Lipinski definition) is 8. The van der Waals surface area contributed by atoms with Crippen molar-refractivity contribution in [2.24, 2.45) is 0 Å². The number of nitrogens with zero attached hydrogens (tertiary/aromatic N) is 2. The van der Waals surface area contributed by atoms with Crippen LogP contribution >= 0.6 is 8.25 Å². The molecule has 2 N–H and O–H groups in total. The topological polar surface area (TPSA) is 115 Å². The van der Waals surface area contributed by atoms with Gasteiger partial charge in [-0.05, 0) is 18.2 Å². The summed E-state index contributed by atoms with van der Waals surface area (Å²) < 4.78 is 34.1. The second-order valence-corrected chi connectivity index (χ2v) is 5.71. The fourth-order valence-electron chi connectivity index (χ4n) is 2.04. The molecule has 1 aromatic carbocycles. The van der Waals surface area contributed by atoms with E-state index in [2.05, 4.69) is 4.98 Å². The molecule has 0 aliphatic carbocycles. The molecule has 2 heterocycles.